The summed E-state index contributed by atoms with van der Waals surface area (Å²) in [7, 11) is 2.60. The first-order valence-electron chi connectivity index (χ1n) is 6.12. The molecule has 2 aromatic rings. The van der Waals surface area contributed by atoms with Crippen molar-refractivity contribution in [1.82, 2.24) is 0 Å². The molecule has 0 aliphatic carbocycles. The van der Waals surface area contributed by atoms with Crippen LogP contribution >= 0.6 is 0 Å². The second kappa shape index (κ2) is 6.60. The van der Waals surface area contributed by atoms with E-state index in [4.69, 9.17) is 9.15 Å². The molecule has 21 heavy (non-hydrogen) atoms. The van der Waals surface area contributed by atoms with Crippen molar-refractivity contribution in [3.05, 3.63) is 53.5 Å². The third-order valence-electron chi connectivity index (χ3n) is 2.70. The molecule has 0 amide bonds. The van der Waals surface area contributed by atoms with Crippen molar-refractivity contribution in [2.24, 2.45) is 0 Å². The third-order valence-corrected chi connectivity index (χ3v) is 2.70. The molecule has 1 heterocycles. The highest BCUT2D eigenvalue weighted by atomic mass is 16.5. The number of furan rings is 1. The lowest BCUT2D eigenvalue weighted by Crippen LogP contribution is -2.01. The van der Waals surface area contributed by atoms with Crippen molar-refractivity contribution >= 4 is 11.9 Å². The van der Waals surface area contributed by atoms with E-state index in [1.54, 1.807) is 30.3 Å². The number of esters is 2. The van der Waals surface area contributed by atoms with Crippen molar-refractivity contribution in [3.8, 4) is 5.75 Å². The van der Waals surface area contributed by atoms with Gasteiger partial charge in [-0.05, 0) is 36.4 Å². The quantitative estimate of drug-likeness (QED) is 0.787. The second-order valence-corrected chi connectivity index (χ2v) is 4.06. The predicted molar refractivity (Wildman–Crippen MR) is 72.2 cm³/mol. The van der Waals surface area contributed by atoms with E-state index in [9.17, 15) is 9.59 Å². The van der Waals surface area contributed by atoms with Crippen molar-refractivity contribution in [1.29, 1.82) is 0 Å². The van der Waals surface area contributed by atoms with Gasteiger partial charge in [-0.3, -0.25) is 0 Å². The van der Waals surface area contributed by atoms with Gasteiger partial charge in [0, 0.05) is 0 Å². The van der Waals surface area contributed by atoms with Gasteiger partial charge in [0.05, 0.1) is 19.8 Å². The standard InChI is InChI=1S/C15H14O6/c1-18-14(16)10-3-5-11(6-4-10)20-9-12-7-8-13(21-12)15(17)19-2/h3-8H,9H2,1-2H3. The summed E-state index contributed by atoms with van der Waals surface area (Å²) < 4.78 is 19.9. The molecule has 0 N–H and O–H groups in total. The Hall–Kier alpha value is -2.76. The molecular weight excluding hydrogens is 276 g/mol. The minimum Gasteiger partial charge on any atom is -0.486 e. The van der Waals surface area contributed by atoms with Gasteiger partial charge in [-0.15, -0.1) is 0 Å². The lowest BCUT2D eigenvalue weighted by Gasteiger charge is -2.05. The summed E-state index contributed by atoms with van der Waals surface area (Å²) in [5.74, 6) is 0.238. The SMILES string of the molecule is COC(=O)c1ccc(OCc2ccc(C(=O)OC)o2)cc1. The van der Waals surface area contributed by atoms with Gasteiger partial charge in [-0.1, -0.05) is 0 Å². The fourth-order valence-corrected chi connectivity index (χ4v) is 1.63. The van der Waals surface area contributed by atoms with Crippen LogP contribution < -0.4 is 4.74 Å². The smallest absolute Gasteiger partial charge is 0.373 e. The van der Waals surface area contributed by atoms with E-state index in [-0.39, 0.29) is 12.4 Å². The predicted octanol–water partition coefficient (Wildman–Crippen LogP) is 2.43. The van der Waals surface area contributed by atoms with Crippen LogP contribution in [-0.4, -0.2) is 26.2 Å². The summed E-state index contributed by atoms with van der Waals surface area (Å²) in [6.45, 7) is 0.161. The molecule has 0 spiro atoms. The van der Waals surface area contributed by atoms with E-state index in [2.05, 4.69) is 9.47 Å². The van der Waals surface area contributed by atoms with Crippen molar-refractivity contribution < 1.29 is 28.2 Å². The lowest BCUT2D eigenvalue weighted by atomic mass is 10.2. The average Bonchev–Trinajstić information content (AvgIpc) is 3.01. The second-order valence-electron chi connectivity index (χ2n) is 4.06. The zero-order valence-corrected chi connectivity index (χ0v) is 11.6. The highest BCUT2D eigenvalue weighted by molar-refractivity contribution is 5.89. The zero-order chi connectivity index (χ0) is 15.2. The number of carbonyl (C=O) groups excluding carboxylic acids is 2. The summed E-state index contributed by atoms with van der Waals surface area (Å²) in [6.07, 6.45) is 0. The number of methoxy groups -OCH3 is 2. The summed E-state index contributed by atoms with van der Waals surface area (Å²) >= 11 is 0. The van der Waals surface area contributed by atoms with Crippen LogP contribution in [-0.2, 0) is 16.1 Å². The molecule has 1 aromatic heterocycles. The molecule has 0 radical (unpaired) electrons. The van der Waals surface area contributed by atoms with Gasteiger partial charge < -0.3 is 18.6 Å². The number of benzene rings is 1. The van der Waals surface area contributed by atoms with E-state index in [1.807, 2.05) is 0 Å². The van der Waals surface area contributed by atoms with Gasteiger partial charge in [0.15, 0.2) is 0 Å². The molecule has 110 valence electrons. The van der Waals surface area contributed by atoms with Gasteiger partial charge in [0.2, 0.25) is 5.76 Å². The molecule has 0 bridgehead atoms. The van der Waals surface area contributed by atoms with Gasteiger partial charge in [0.1, 0.15) is 18.1 Å². The maximum absolute atomic E-state index is 11.3. The highest BCUT2D eigenvalue weighted by Gasteiger charge is 2.11. The van der Waals surface area contributed by atoms with Gasteiger partial charge in [-0.2, -0.15) is 0 Å². The van der Waals surface area contributed by atoms with E-state index in [0.717, 1.165) is 0 Å². The molecular formula is C15H14O6. The van der Waals surface area contributed by atoms with Gasteiger partial charge >= 0.3 is 11.9 Å². The number of hydrogen-bond acceptors (Lipinski definition) is 6. The maximum Gasteiger partial charge on any atom is 0.373 e. The Morgan fingerprint density at radius 1 is 0.952 bits per heavy atom. The Balaban J connectivity index is 1.95. The van der Waals surface area contributed by atoms with Crippen LogP contribution in [0.5, 0.6) is 5.75 Å². The first kappa shape index (κ1) is 14.6. The Morgan fingerprint density at radius 3 is 2.24 bits per heavy atom. The van der Waals surface area contributed by atoms with Crippen LogP contribution in [0.4, 0.5) is 0 Å². The zero-order valence-electron chi connectivity index (χ0n) is 11.6. The van der Waals surface area contributed by atoms with Crippen molar-refractivity contribution in [3.63, 3.8) is 0 Å². The fourth-order valence-electron chi connectivity index (χ4n) is 1.63. The molecule has 0 atom stereocenters. The van der Waals surface area contributed by atoms with Crippen LogP contribution in [0.15, 0.2) is 40.8 Å². The van der Waals surface area contributed by atoms with Crippen LogP contribution in [0.1, 0.15) is 26.7 Å². The lowest BCUT2D eigenvalue weighted by molar-refractivity contribution is 0.0559. The summed E-state index contributed by atoms with van der Waals surface area (Å²) in [5, 5.41) is 0. The molecule has 0 aliphatic rings. The normalized spacial score (nSPS) is 10.0. The molecule has 0 fully saturated rings. The molecule has 6 nitrogen and oxygen atoms in total. The Kier molecular flexibility index (Phi) is 4.61. The minimum absolute atomic E-state index is 0.122. The number of hydrogen-bond donors (Lipinski definition) is 0. The first-order valence-corrected chi connectivity index (χ1v) is 6.12. The molecule has 0 saturated heterocycles. The summed E-state index contributed by atoms with van der Waals surface area (Å²) in [5.41, 5.74) is 0.441. The molecule has 0 aliphatic heterocycles. The van der Waals surface area contributed by atoms with E-state index < -0.39 is 11.9 Å². The molecule has 2 rings (SSSR count). The summed E-state index contributed by atoms with van der Waals surface area (Å²) in [4.78, 5) is 22.5. The molecule has 1 aromatic carbocycles. The summed E-state index contributed by atoms with van der Waals surface area (Å²) in [6, 6.07) is 9.65. The van der Waals surface area contributed by atoms with E-state index in [1.165, 1.54) is 20.3 Å². The number of rotatable bonds is 5. The monoisotopic (exact) mass is 290 g/mol. The van der Waals surface area contributed by atoms with Crippen molar-refractivity contribution in [2.75, 3.05) is 14.2 Å². The van der Waals surface area contributed by atoms with Gasteiger partial charge in [-0.25, -0.2) is 9.59 Å². The molecule has 0 saturated carbocycles. The number of ether oxygens (including phenoxy) is 3. The topological polar surface area (TPSA) is 75.0 Å². The van der Waals surface area contributed by atoms with Crippen LogP contribution in [0.25, 0.3) is 0 Å². The van der Waals surface area contributed by atoms with Crippen LogP contribution in [0, 0.1) is 0 Å². The maximum atomic E-state index is 11.3. The number of carbonyl (C=O) groups is 2. The largest absolute Gasteiger partial charge is 0.486 e. The minimum atomic E-state index is -0.538. The first-order chi connectivity index (χ1) is 10.1. The Labute approximate surface area is 121 Å². The van der Waals surface area contributed by atoms with Crippen LogP contribution in [0.3, 0.4) is 0 Å². The third kappa shape index (κ3) is 3.62. The molecule has 6 heteroatoms. The van der Waals surface area contributed by atoms with E-state index >= 15 is 0 Å². The van der Waals surface area contributed by atoms with Gasteiger partial charge in [0.25, 0.3) is 0 Å². The average molecular weight is 290 g/mol. The van der Waals surface area contributed by atoms with E-state index in [0.29, 0.717) is 17.1 Å². The Morgan fingerprint density at radius 2 is 1.62 bits per heavy atom. The van der Waals surface area contributed by atoms with Crippen molar-refractivity contribution in [2.45, 2.75) is 6.61 Å². The van der Waals surface area contributed by atoms with Crippen LogP contribution in [0.2, 0.25) is 0 Å². The molecule has 0 unspecified atom stereocenters. The highest BCUT2D eigenvalue weighted by Crippen LogP contribution is 2.16. The Bertz CT molecular complexity index is 626. The fraction of sp³-hybridized carbons (Fsp3) is 0.200.